The minimum absolute atomic E-state index is 0.119. The summed E-state index contributed by atoms with van der Waals surface area (Å²) in [4.78, 5) is 13.9. The summed E-state index contributed by atoms with van der Waals surface area (Å²) in [5, 5.41) is 4.63. The Morgan fingerprint density at radius 1 is 1.19 bits per heavy atom. The van der Waals surface area contributed by atoms with Crippen molar-refractivity contribution in [3.63, 3.8) is 0 Å². The van der Waals surface area contributed by atoms with Crippen molar-refractivity contribution in [1.29, 1.82) is 0 Å². The number of methoxy groups -OCH3 is 2. The van der Waals surface area contributed by atoms with Crippen molar-refractivity contribution >= 4 is 52.0 Å². The van der Waals surface area contributed by atoms with Crippen molar-refractivity contribution in [2.75, 3.05) is 45.8 Å². The molecule has 1 atom stereocenters. The lowest BCUT2D eigenvalue weighted by Crippen LogP contribution is -2.49. The van der Waals surface area contributed by atoms with Crippen LogP contribution in [0.2, 0.25) is 10.0 Å². The molecule has 1 heterocycles. The molecule has 1 N–H and O–H groups in total. The second kappa shape index (κ2) is 11.0. The standard InChI is InChI=1S/C22H24Cl2N2O5S/c1-13(27)16-8-14(23)4-5-19(16)31-12-15-11-26(6-7-30-15)22(32)25-18-10-20(28-2)17(24)9-21(18)29-3/h4-5,8-10,15H,6-7,11-12H2,1-3H3,(H,25,32). The van der Waals surface area contributed by atoms with Crippen LogP contribution in [0.5, 0.6) is 17.2 Å². The minimum Gasteiger partial charge on any atom is -0.495 e. The molecule has 1 aliphatic heterocycles. The quantitative estimate of drug-likeness (QED) is 0.435. The monoisotopic (exact) mass is 498 g/mol. The van der Waals surface area contributed by atoms with Crippen LogP contribution in [0.25, 0.3) is 0 Å². The number of ketones is 1. The molecule has 1 aliphatic rings. The van der Waals surface area contributed by atoms with E-state index >= 15 is 0 Å². The molecule has 2 aromatic rings. The number of carbonyl (C=O) groups is 1. The van der Waals surface area contributed by atoms with Crippen LogP contribution in [0.3, 0.4) is 0 Å². The normalized spacial score (nSPS) is 15.8. The first-order valence-corrected chi connectivity index (χ1v) is 11.0. The highest BCUT2D eigenvalue weighted by molar-refractivity contribution is 7.80. The molecule has 0 aliphatic carbocycles. The number of hydrogen-bond donors (Lipinski definition) is 1. The van der Waals surface area contributed by atoms with Crippen LogP contribution in [-0.4, -0.2) is 62.4 Å². The van der Waals surface area contributed by atoms with Gasteiger partial charge in [-0.1, -0.05) is 23.2 Å². The van der Waals surface area contributed by atoms with Gasteiger partial charge in [-0.15, -0.1) is 0 Å². The number of nitrogens with one attached hydrogen (secondary N) is 1. The molecule has 1 unspecified atom stereocenters. The number of rotatable bonds is 7. The van der Waals surface area contributed by atoms with Gasteiger partial charge in [0.1, 0.15) is 30.0 Å². The van der Waals surface area contributed by atoms with Gasteiger partial charge in [-0.25, -0.2) is 0 Å². The van der Waals surface area contributed by atoms with E-state index in [1.54, 1.807) is 44.6 Å². The zero-order chi connectivity index (χ0) is 23.3. The highest BCUT2D eigenvalue weighted by atomic mass is 35.5. The average molecular weight is 499 g/mol. The van der Waals surface area contributed by atoms with E-state index in [2.05, 4.69) is 5.32 Å². The van der Waals surface area contributed by atoms with Crippen molar-refractivity contribution in [1.82, 2.24) is 4.90 Å². The summed E-state index contributed by atoms with van der Waals surface area (Å²) < 4.78 is 22.4. The number of anilines is 1. The van der Waals surface area contributed by atoms with Crippen LogP contribution in [0.15, 0.2) is 30.3 Å². The topological polar surface area (TPSA) is 69.3 Å². The zero-order valence-electron chi connectivity index (χ0n) is 17.9. The van der Waals surface area contributed by atoms with Gasteiger partial charge < -0.3 is 29.2 Å². The fourth-order valence-electron chi connectivity index (χ4n) is 3.24. The molecule has 0 bridgehead atoms. The smallest absolute Gasteiger partial charge is 0.173 e. The lowest BCUT2D eigenvalue weighted by Gasteiger charge is -2.34. The van der Waals surface area contributed by atoms with Crippen LogP contribution in [0.4, 0.5) is 5.69 Å². The van der Waals surface area contributed by atoms with E-state index in [0.29, 0.717) is 63.4 Å². The Labute approximate surface area is 202 Å². The first kappa shape index (κ1) is 24.4. The van der Waals surface area contributed by atoms with Crippen LogP contribution in [-0.2, 0) is 4.74 Å². The predicted octanol–water partition coefficient (Wildman–Crippen LogP) is 4.69. The number of morpholine rings is 1. The third kappa shape index (κ3) is 5.95. The van der Waals surface area contributed by atoms with Crippen LogP contribution in [0.1, 0.15) is 17.3 Å². The lowest BCUT2D eigenvalue weighted by atomic mass is 10.1. The Balaban J connectivity index is 1.64. The van der Waals surface area contributed by atoms with Crippen molar-refractivity contribution in [3.8, 4) is 17.2 Å². The molecule has 0 spiro atoms. The first-order valence-electron chi connectivity index (χ1n) is 9.84. The lowest BCUT2D eigenvalue weighted by molar-refractivity contribution is -0.0281. The van der Waals surface area contributed by atoms with E-state index < -0.39 is 0 Å². The molecule has 1 saturated heterocycles. The second-order valence-electron chi connectivity index (χ2n) is 7.06. The Morgan fingerprint density at radius 3 is 2.62 bits per heavy atom. The number of carbonyl (C=O) groups excluding carboxylic acids is 1. The number of halogens is 2. The summed E-state index contributed by atoms with van der Waals surface area (Å²) in [5.74, 6) is 1.41. The van der Waals surface area contributed by atoms with Gasteiger partial charge in [-0.3, -0.25) is 4.79 Å². The summed E-state index contributed by atoms with van der Waals surface area (Å²) in [6.45, 7) is 3.36. The van der Waals surface area contributed by atoms with Crippen molar-refractivity contribution in [2.24, 2.45) is 0 Å². The van der Waals surface area contributed by atoms with E-state index in [1.807, 2.05) is 4.90 Å². The number of hydrogen-bond acceptors (Lipinski definition) is 6. The molecule has 32 heavy (non-hydrogen) atoms. The third-order valence-corrected chi connectivity index (χ3v) is 5.78. The van der Waals surface area contributed by atoms with Gasteiger partial charge in [-0.05, 0) is 37.3 Å². The van der Waals surface area contributed by atoms with E-state index in [-0.39, 0.29) is 18.5 Å². The maximum absolute atomic E-state index is 11.9. The van der Waals surface area contributed by atoms with Crippen molar-refractivity contribution in [3.05, 3.63) is 45.9 Å². The molecular weight excluding hydrogens is 475 g/mol. The molecule has 0 radical (unpaired) electrons. The molecule has 0 saturated carbocycles. The van der Waals surface area contributed by atoms with Crippen molar-refractivity contribution < 1.29 is 23.7 Å². The summed E-state index contributed by atoms with van der Waals surface area (Å²) in [6, 6.07) is 8.37. The molecule has 2 aromatic carbocycles. The number of ether oxygens (including phenoxy) is 4. The molecule has 3 rings (SSSR count). The molecule has 7 nitrogen and oxygen atoms in total. The van der Waals surface area contributed by atoms with Crippen LogP contribution in [0, 0.1) is 0 Å². The van der Waals surface area contributed by atoms with Gasteiger partial charge in [0.05, 0.1) is 37.1 Å². The van der Waals surface area contributed by atoms with Gasteiger partial charge in [0.25, 0.3) is 0 Å². The van der Waals surface area contributed by atoms with Gasteiger partial charge in [0, 0.05) is 30.2 Å². The summed E-state index contributed by atoms with van der Waals surface area (Å²) >= 11 is 17.8. The molecule has 0 amide bonds. The largest absolute Gasteiger partial charge is 0.495 e. The van der Waals surface area contributed by atoms with E-state index in [4.69, 9.17) is 54.4 Å². The molecular formula is C22H24Cl2N2O5S. The molecule has 0 aromatic heterocycles. The van der Waals surface area contributed by atoms with Gasteiger partial charge in [0.2, 0.25) is 0 Å². The second-order valence-corrected chi connectivity index (χ2v) is 8.29. The van der Waals surface area contributed by atoms with E-state index in [9.17, 15) is 4.79 Å². The minimum atomic E-state index is -0.236. The number of benzene rings is 2. The maximum Gasteiger partial charge on any atom is 0.173 e. The molecule has 172 valence electrons. The fraction of sp³-hybridized carbons (Fsp3) is 0.364. The van der Waals surface area contributed by atoms with Crippen LogP contribution < -0.4 is 19.5 Å². The predicted molar refractivity (Wildman–Crippen MR) is 129 cm³/mol. The number of nitrogens with zero attached hydrogens (tertiary/aromatic N) is 1. The highest BCUT2D eigenvalue weighted by Crippen LogP contribution is 2.36. The van der Waals surface area contributed by atoms with Gasteiger partial charge in [-0.2, -0.15) is 0 Å². The van der Waals surface area contributed by atoms with Crippen LogP contribution >= 0.6 is 35.4 Å². The number of thiocarbonyl (C=S) groups is 1. The third-order valence-electron chi connectivity index (χ3n) is 4.89. The van der Waals surface area contributed by atoms with Gasteiger partial charge >= 0.3 is 0 Å². The Bertz CT molecular complexity index is 1000. The highest BCUT2D eigenvalue weighted by Gasteiger charge is 2.24. The van der Waals surface area contributed by atoms with E-state index in [1.165, 1.54) is 6.92 Å². The molecule has 10 heteroatoms. The zero-order valence-corrected chi connectivity index (χ0v) is 20.3. The first-order chi connectivity index (χ1) is 15.3. The Kier molecular flexibility index (Phi) is 8.42. The Morgan fingerprint density at radius 2 is 1.94 bits per heavy atom. The maximum atomic E-state index is 11.9. The van der Waals surface area contributed by atoms with Crippen molar-refractivity contribution in [2.45, 2.75) is 13.0 Å². The average Bonchev–Trinajstić information content (AvgIpc) is 2.79. The van der Waals surface area contributed by atoms with Gasteiger partial charge in [0.15, 0.2) is 10.9 Å². The number of Topliss-reactive ketones (excluding diaryl/α,β-unsaturated/α-hetero) is 1. The summed E-state index contributed by atoms with van der Waals surface area (Å²) in [5.41, 5.74) is 1.08. The molecule has 1 fully saturated rings. The SMILES string of the molecule is COc1cc(NC(=S)N2CCOC(COc3ccc(Cl)cc3C(C)=O)C2)c(OC)cc1Cl. The summed E-state index contributed by atoms with van der Waals surface area (Å²) in [7, 11) is 3.10. The Hall–Kier alpha value is -2.26. The summed E-state index contributed by atoms with van der Waals surface area (Å²) in [6.07, 6.45) is -0.236. The van der Waals surface area contributed by atoms with E-state index in [0.717, 1.165) is 0 Å². The fourth-order valence-corrected chi connectivity index (χ4v) is 3.92.